The predicted molar refractivity (Wildman–Crippen MR) is 110 cm³/mol. The number of carbonyl (C=O) groups excluding carboxylic acids is 1. The van der Waals surface area contributed by atoms with Crippen molar-refractivity contribution in [2.45, 2.75) is 31.9 Å². The Balaban J connectivity index is 1.51. The fourth-order valence-electron chi connectivity index (χ4n) is 3.31. The lowest BCUT2D eigenvalue weighted by Gasteiger charge is -2.33. The minimum absolute atomic E-state index is 0.00467. The van der Waals surface area contributed by atoms with Gasteiger partial charge in [-0.25, -0.2) is 8.42 Å². The van der Waals surface area contributed by atoms with Crippen LogP contribution >= 0.6 is 0 Å². The number of alkyl halides is 2. The topological polar surface area (TPSA) is 96.8 Å². The number of sulfonamides is 1. The van der Waals surface area contributed by atoms with E-state index in [0.29, 0.717) is 31.0 Å². The van der Waals surface area contributed by atoms with E-state index in [-0.39, 0.29) is 36.2 Å². The van der Waals surface area contributed by atoms with E-state index in [1.165, 1.54) is 28.6 Å². The molecule has 1 aromatic heterocycles. The first-order valence-corrected chi connectivity index (χ1v) is 11.2. The zero-order valence-corrected chi connectivity index (χ0v) is 18.1. The van der Waals surface area contributed by atoms with Crippen LogP contribution in [0.3, 0.4) is 0 Å². The first-order valence-electron chi connectivity index (χ1n) is 9.80. The lowest BCUT2D eigenvalue weighted by Crippen LogP contribution is -2.50. The smallest absolute Gasteiger partial charge is 0.387 e. The van der Waals surface area contributed by atoms with Crippen LogP contribution in [0.1, 0.15) is 12.6 Å². The summed E-state index contributed by atoms with van der Waals surface area (Å²) in [6.45, 7) is 2.69. The number of aryl methyl sites for hydroxylation is 2. The SMILES string of the molecule is CCn1cc(S(=O)(=O)N2CCN(CC(=O)Nc3ccc(OC(F)F)cc3)CC2)c(C)n1. The number of ether oxygens (including phenoxy) is 1. The van der Waals surface area contributed by atoms with Crippen molar-refractivity contribution in [1.82, 2.24) is 19.0 Å². The molecular weight excluding hydrogens is 432 g/mol. The number of anilines is 1. The molecule has 0 aliphatic carbocycles. The summed E-state index contributed by atoms with van der Waals surface area (Å²) < 4.78 is 57.5. The number of rotatable bonds is 8. The average Bonchev–Trinajstić information content (AvgIpc) is 3.11. The van der Waals surface area contributed by atoms with Gasteiger partial charge in [-0.05, 0) is 38.1 Å². The molecule has 0 unspecified atom stereocenters. The molecule has 3 rings (SSSR count). The van der Waals surface area contributed by atoms with Crippen LogP contribution in [0.2, 0.25) is 0 Å². The third-order valence-corrected chi connectivity index (χ3v) is 6.91. The Labute approximate surface area is 179 Å². The van der Waals surface area contributed by atoms with E-state index in [4.69, 9.17) is 0 Å². The van der Waals surface area contributed by atoms with Crippen molar-refractivity contribution in [3.8, 4) is 5.75 Å². The maximum Gasteiger partial charge on any atom is 0.387 e. The Morgan fingerprint density at radius 1 is 1.19 bits per heavy atom. The van der Waals surface area contributed by atoms with E-state index in [0.717, 1.165) is 0 Å². The van der Waals surface area contributed by atoms with Crippen molar-refractivity contribution in [3.63, 3.8) is 0 Å². The Hall–Kier alpha value is -2.57. The molecule has 0 spiro atoms. The number of nitrogens with one attached hydrogen (secondary N) is 1. The zero-order valence-electron chi connectivity index (χ0n) is 17.3. The summed E-state index contributed by atoms with van der Waals surface area (Å²) in [5.74, 6) is -0.274. The van der Waals surface area contributed by atoms with Gasteiger partial charge in [0.15, 0.2) is 0 Å². The number of hydrogen-bond acceptors (Lipinski definition) is 6. The molecule has 0 radical (unpaired) electrons. The average molecular weight is 458 g/mol. The molecule has 170 valence electrons. The maximum absolute atomic E-state index is 12.9. The first kappa shape index (κ1) is 23.1. The first-order chi connectivity index (χ1) is 14.7. The standard InChI is InChI=1S/C19H25F2N5O4S/c1-3-25-12-17(14(2)23-25)31(28,29)26-10-8-24(9-11-26)13-18(27)22-15-4-6-16(7-5-15)30-19(20)21/h4-7,12,19H,3,8-11,13H2,1-2H3,(H,22,27). The summed E-state index contributed by atoms with van der Waals surface area (Å²) in [5.41, 5.74) is 0.921. The largest absolute Gasteiger partial charge is 0.435 e. The lowest BCUT2D eigenvalue weighted by molar-refractivity contribution is -0.117. The Morgan fingerprint density at radius 3 is 2.39 bits per heavy atom. The highest BCUT2D eigenvalue weighted by Gasteiger charge is 2.31. The molecule has 12 heteroatoms. The van der Waals surface area contributed by atoms with E-state index < -0.39 is 16.6 Å². The van der Waals surface area contributed by atoms with Crippen molar-refractivity contribution in [2.24, 2.45) is 0 Å². The Morgan fingerprint density at radius 2 is 1.84 bits per heavy atom. The summed E-state index contributed by atoms with van der Waals surface area (Å²) in [4.78, 5) is 14.3. The fraction of sp³-hybridized carbons (Fsp3) is 0.474. The number of nitrogens with zero attached hydrogens (tertiary/aromatic N) is 4. The van der Waals surface area contributed by atoms with Crippen LogP contribution in [0, 0.1) is 6.92 Å². The van der Waals surface area contributed by atoms with Crippen molar-refractivity contribution < 1.29 is 26.7 Å². The molecule has 9 nitrogen and oxygen atoms in total. The Kier molecular flexibility index (Phi) is 7.23. The second-order valence-electron chi connectivity index (χ2n) is 7.07. The minimum atomic E-state index is -3.64. The van der Waals surface area contributed by atoms with Crippen molar-refractivity contribution >= 4 is 21.6 Å². The van der Waals surface area contributed by atoms with Crippen LogP contribution in [0.25, 0.3) is 0 Å². The highest BCUT2D eigenvalue weighted by molar-refractivity contribution is 7.89. The molecule has 1 fully saturated rings. The second-order valence-corrected chi connectivity index (χ2v) is 8.97. The third-order valence-electron chi connectivity index (χ3n) is 4.90. The molecule has 0 bridgehead atoms. The van der Waals surface area contributed by atoms with Gasteiger partial charge >= 0.3 is 6.61 Å². The Bertz CT molecular complexity index is 1000. The number of aromatic nitrogens is 2. The minimum Gasteiger partial charge on any atom is -0.435 e. The number of carbonyl (C=O) groups is 1. The zero-order chi connectivity index (χ0) is 22.6. The lowest BCUT2D eigenvalue weighted by atomic mass is 10.3. The van der Waals surface area contributed by atoms with Crippen LogP contribution in [0.15, 0.2) is 35.4 Å². The molecule has 1 aromatic carbocycles. The highest BCUT2D eigenvalue weighted by Crippen LogP contribution is 2.21. The van der Waals surface area contributed by atoms with Crippen LogP contribution in [0.5, 0.6) is 5.75 Å². The summed E-state index contributed by atoms with van der Waals surface area (Å²) in [7, 11) is -3.64. The summed E-state index contributed by atoms with van der Waals surface area (Å²) in [6, 6.07) is 5.62. The maximum atomic E-state index is 12.9. The normalized spacial score (nSPS) is 15.9. The number of hydrogen-bond donors (Lipinski definition) is 1. The number of halogens is 2. The van der Waals surface area contributed by atoms with Gasteiger partial charge in [-0.15, -0.1) is 0 Å². The van der Waals surface area contributed by atoms with Crippen molar-refractivity contribution in [3.05, 3.63) is 36.2 Å². The van der Waals surface area contributed by atoms with E-state index in [9.17, 15) is 22.0 Å². The van der Waals surface area contributed by atoms with Crippen LogP contribution in [-0.4, -0.2) is 72.6 Å². The second kappa shape index (κ2) is 9.71. The van der Waals surface area contributed by atoms with Gasteiger partial charge in [0, 0.05) is 44.6 Å². The third kappa shape index (κ3) is 5.77. The van der Waals surface area contributed by atoms with Gasteiger partial charge in [-0.3, -0.25) is 14.4 Å². The van der Waals surface area contributed by atoms with Crippen LogP contribution in [-0.2, 0) is 21.4 Å². The van der Waals surface area contributed by atoms with Crippen LogP contribution < -0.4 is 10.1 Å². The molecule has 0 saturated carbocycles. The van der Waals surface area contributed by atoms with Gasteiger partial charge in [0.2, 0.25) is 15.9 Å². The van der Waals surface area contributed by atoms with Gasteiger partial charge < -0.3 is 10.1 Å². The van der Waals surface area contributed by atoms with Gasteiger partial charge in [0.1, 0.15) is 10.6 Å². The predicted octanol–water partition coefficient (Wildman–Crippen LogP) is 1.76. The van der Waals surface area contributed by atoms with E-state index in [1.54, 1.807) is 17.8 Å². The number of benzene rings is 1. The van der Waals surface area contributed by atoms with Crippen molar-refractivity contribution in [2.75, 3.05) is 38.0 Å². The molecule has 2 aromatic rings. The molecule has 2 heterocycles. The highest BCUT2D eigenvalue weighted by atomic mass is 32.2. The van der Waals surface area contributed by atoms with Gasteiger partial charge in [0.25, 0.3) is 0 Å². The number of amides is 1. The molecule has 1 aliphatic heterocycles. The summed E-state index contributed by atoms with van der Waals surface area (Å²) in [6.07, 6.45) is 1.54. The van der Waals surface area contributed by atoms with Gasteiger partial charge in [0.05, 0.1) is 12.2 Å². The van der Waals surface area contributed by atoms with Crippen molar-refractivity contribution in [1.29, 1.82) is 0 Å². The molecule has 0 atom stereocenters. The fourth-order valence-corrected chi connectivity index (χ4v) is 4.90. The molecule has 1 saturated heterocycles. The summed E-state index contributed by atoms with van der Waals surface area (Å²) in [5, 5.41) is 6.89. The molecule has 1 amide bonds. The van der Waals surface area contributed by atoms with Gasteiger partial charge in [-0.2, -0.15) is 18.2 Å². The molecule has 31 heavy (non-hydrogen) atoms. The van der Waals surface area contributed by atoms with Gasteiger partial charge in [-0.1, -0.05) is 0 Å². The molecule has 1 aliphatic rings. The quantitative estimate of drug-likeness (QED) is 0.649. The molecular formula is C19H25F2N5O4S. The van der Waals surface area contributed by atoms with Crippen LogP contribution in [0.4, 0.5) is 14.5 Å². The molecule has 1 N–H and O–H groups in total. The monoisotopic (exact) mass is 457 g/mol. The van der Waals surface area contributed by atoms with E-state index >= 15 is 0 Å². The number of piperazine rings is 1. The summed E-state index contributed by atoms with van der Waals surface area (Å²) >= 11 is 0. The van der Waals surface area contributed by atoms with E-state index in [2.05, 4.69) is 15.2 Å². The van der Waals surface area contributed by atoms with E-state index in [1.807, 2.05) is 11.8 Å².